The molecular formula is C28H27ClN6O3. The highest BCUT2D eigenvalue weighted by Gasteiger charge is 2.09. The number of halogens is 1. The number of methoxy groups -OCH3 is 1. The van der Waals surface area contributed by atoms with E-state index < -0.39 is 0 Å². The van der Waals surface area contributed by atoms with Gasteiger partial charge in [0, 0.05) is 43.0 Å². The van der Waals surface area contributed by atoms with E-state index in [9.17, 15) is 4.79 Å². The second-order valence-corrected chi connectivity index (χ2v) is 8.74. The summed E-state index contributed by atoms with van der Waals surface area (Å²) in [6.45, 7) is 3.10. The first-order chi connectivity index (χ1) is 18.4. The fourth-order valence-corrected chi connectivity index (χ4v) is 3.62. The summed E-state index contributed by atoms with van der Waals surface area (Å²) in [6, 6.07) is 14.6. The van der Waals surface area contributed by atoms with Gasteiger partial charge in [0.05, 0.1) is 29.9 Å². The van der Waals surface area contributed by atoms with Crippen LogP contribution in [0.1, 0.15) is 11.3 Å². The maximum absolute atomic E-state index is 12.0. The van der Waals surface area contributed by atoms with Crippen LogP contribution in [0, 0.1) is 18.8 Å². The van der Waals surface area contributed by atoms with Gasteiger partial charge in [-0.05, 0) is 55.5 Å². The van der Waals surface area contributed by atoms with Crippen LogP contribution >= 0.6 is 11.6 Å². The Morgan fingerprint density at radius 3 is 2.74 bits per heavy atom. The Labute approximate surface area is 226 Å². The van der Waals surface area contributed by atoms with Crippen LogP contribution < -0.4 is 15.4 Å². The topological polar surface area (TPSA) is 102 Å². The van der Waals surface area contributed by atoms with E-state index in [1.165, 1.54) is 6.33 Å². The number of aryl methyl sites for hydroxylation is 1. The maximum atomic E-state index is 12.0. The van der Waals surface area contributed by atoms with Crippen molar-refractivity contribution in [3.05, 3.63) is 77.3 Å². The molecule has 2 heterocycles. The molecule has 2 N–H and O–H groups in total. The number of fused-ring (bicyclic) bond motifs is 1. The molecule has 194 valence electrons. The lowest BCUT2D eigenvalue weighted by Gasteiger charge is -2.16. The van der Waals surface area contributed by atoms with Gasteiger partial charge in [0.15, 0.2) is 0 Å². The fraction of sp³-hybridized carbons (Fsp3) is 0.214. The van der Waals surface area contributed by atoms with Gasteiger partial charge in [-0.25, -0.2) is 14.8 Å². The highest BCUT2D eigenvalue weighted by molar-refractivity contribution is 6.32. The molecule has 4 rings (SSSR count). The van der Waals surface area contributed by atoms with Gasteiger partial charge in [-0.2, -0.15) is 0 Å². The summed E-state index contributed by atoms with van der Waals surface area (Å²) >= 11 is 6.48. The molecule has 0 fully saturated rings. The Bertz CT molecular complexity index is 1480. The van der Waals surface area contributed by atoms with Crippen LogP contribution in [0.25, 0.3) is 10.9 Å². The number of nitrogens with one attached hydrogen (secondary N) is 2. The fourth-order valence-electron chi connectivity index (χ4n) is 3.40. The van der Waals surface area contributed by atoms with Crippen molar-refractivity contribution in [3.8, 4) is 23.3 Å². The zero-order chi connectivity index (χ0) is 26.9. The Balaban J connectivity index is 1.45. The summed E-state index contributed by atoms with van der Waals surface area (Å²) < 4.78 is 10.8. The van der Waals surface area contributed by atoms with Crippen molar-refractivity contribution in [3.63, 3.8) is 0 Å². The van der Waals surface area contributed by atoms with E-state index in [4.69, 9.17) is 21.1 Å². The Kier molecular flexibility index (Phi) is 8.93. The van der Waals surface area contributed by atoms with Crippen LogP contribution in [0.3, 0.4) is 0 Å². The molecule has 0 spiro atoms. The Hall–Kier alpha value is -4.39. The molecule has 0 saturated carbocycles. The van der Waals surface area contributed by atoms with Crippen LogP contribution in [-0.2, 0) is 4.74 Å². The number of amides is 2. The number of aromatic nitrogens is 3. The van der Waals surface area contributed by atoms with Gasteiger partial charge in [-0.1, -0.05) is 23.4 Å². The van der Waals surface area contributed by atoms with Gasteiger partial charge >= 0.3 is 6.03 Å². The molecule has 0 aliphatic rings. The third-order valence-electron chi connectivity index (χ3n) is 5.48. The predicted molar refractivity (Wildman–Crippen MR) is 148 cm³/mol. The molecule has 2 aromatic carbocycles. The molecule has 9 nitrogen and oxygen atoms in total. The summed E-state index contributed by atoms with van der Waals surface area (Å²) in [5.74, 6) is 7.78. The first kappa shape index (κ1) is 26.7. The van der Waals surface area contributed by atoms with Gasteiger partial charge in [0.25, 0.3) is 0 Å². The first-order valence-electron chi connectivity index (χ1n) is 11.8. The second-order valence-electron chi connectivity index (χ2n) is 8.34. The van der Waals surface area contributed by atoms with Gasteiger partial charge in [0.1, 0.15) is 23.6 Å². The van der Waals surface area contributed by atoms with E-state index in [2.05, 4.69) is 37.4 Å². The Morgan fingerprint density at radius 2 is 1.97 bits per heavy atom. The van der Waals surface area contributed by atoms with Gasteiger partial charge in [-0.3, -0.25) is 4.98 Å². The smallest absolute Gasteiger partial charge is 0.317 e. The number of urea groups is 1. The molecule has 2 aromatic heterocycles. The van der Waals surface area contributed by atoms with Gasteiger partial charge < -0.3 is 25.0 Å². The summed E-state index contributed by atoms with van der Waals surface area (Å²) in [5, 5.41) is 7.30. The molecule has 38 heavy (non-hydrogen) atoms. The number of benzene rings is 2. The quantitative estimate of drug-likeness (QED) is 0.303. The number of likely N-dealkylation sites (N-methyl/N-ethyl adjacent to an activating group) is 1. The van der Waals surface area contributed by atoms with Crippen LogP contribution in [-0.4, -0.2) is 59.7 Å². The largest absolute Gasteiger partial charge is 0.454 e. The lowest BCUT2D eigenvalue weighted by molar-refractivity contribution is 0.160. The number of hydrogen-bond acceptors (Lipinski definition) is 7. The van der Waals surface area contributed by atoms with Crippen molar-refractivity contribution in [1.29, 1.82) is 0 Å². The van der Waals surface area contributed by atoms with E-state index in [1.807, 2.05) is 43.3 Å². The molecule has 0 bridgehead atoms. The predicted octanol–water partition coefficient (Wildman–Crippen LogP) is 5.16. The number of carbonyl (C=O) groups is 1. The summed E-state index contributed by atoms with van der Waals surface area (Å²) in [4.78, 5) is 26.6. The van der Waals surface area contributed by atoms with Crippen LogP contribution in [0.15, 0.2) is 61.1 Å². The van der Waals surface area contributed by atoms with Crippen molar-refractivity contribution in [2.45, 2.75) is 6.92 Å². The molecule has 0 saturated heterocycles. The maximum Gasteiger partial charge on any atom is 0.317 e. The minimum Gasteiger partial charge on any atom is -0.454 e. The molecule has 0 aliphatic heterocycles. The third kappa shape index (κ3) is 7.09. The lowest BCUT2D eigenvalue weighted by Crippen LogP contribution is -2.39. The van der Waals surface area contributed by atoms with Crippen molar-refractivity contribution >= 4 is 40.0 Å². The van der Waals surface area contributed by atoms with E-state index >= 15 is 0 Å². The van der Waals surface area contributed by atoms with Crippen molar-refractivity contribution in [1.82, 2.24) is 25.2 Å². The molecule has 10 heteroatoms. The molecule has 0 unspecified atom stereocenters. The lowest BCUT2D eigenvalue weighted by atomic mass is 10.1. The minimum absolute atomic E-state index is 0.208. The van der Waals surface area contributed by atoms with Crippen LogP contribution in [0.4, 0.5) is 16.3 Å². The Morgan fingerprint density at radius 1 is 1.11 bits per heavy atom. The van der Waals surface area contributed by atoms with Crippen molar-refractivity contribution < 1.29 is 14.3 Å². The van der Waals surface area contributed by atoms with Crippen molar-refractivity contribution in [2.75, 3.05) is 39.2 Å². The van der Waals surface area contributed by atoms with E-state index in [-0.39, 0.29) is 12.6 Å². The molecular weight excluding hydrogens is 504 g/mol. The molecule has 0 aliphatic carbocycles. The number of anilines is 2. The SMILES string of the molecule is COCCN(C)C(=O)NCC#Cc1ccc2ncnc(Nc3ccc(Oc4ccc(C)nc4)c(Cl)c3)c2c1. The summed E-state index contributed by atoms with van der Waals surface area (Å²) in [5.41, 5.74) is 3.17. The third-order valence-corrected chi connectivity index (χ3v) is 5.78. The van der Waals surface area contributed by atoms with E-state index in [0.29, 0.717) is 35.5 Å². The number of hydrogen-bond donors (Lipinski definition) is 2. The number of pyridine rings is 1. The van der Waals surface area contributed by atoms with Crippen molar-refractivity contribution in [2.24, 2.45) is 0 Å². The zero-order valence-electron chi connectivity index (χ0n) is 21.3. The van der Waals surface area contributed by atoms with Gasteiger partial charge in [0.2, 0.25) is 0 Å². The molecule has 4 aromatic rings. The summed E-state index contributed by atoms with van der Waals surface area (Å²) in [7, 11) is 3.30. The van der Waals surface area contributed by atoms with Gasteiger partial charge in [-0.15, -0.1) is 0 Å². The first-order valence-corrected chi connectivity index (χ1v) is 12.2. The highest BCUT2D eigenvalue weighted by Crippen LogP contribution is 2.33. The average Bonchev–Trinajstić information content (AvgIpc) is 2.92. The highest BCUT2D eigenvalue weighted by atomic mass is 35.5. The van der Waals surface area contributed by atoms with Crippen LogP contribution in [0.2, 0.25) is 5.02 Å². The van der Waals surface area contributed by atoms with E-state index in [1.54, 1.807) is 37.4 Å². The molecule has 0 radical (unpaired) electrons. The number of rotatable bonds is 8. The molecule has 2 amide bonds. The number of carbonyl (C=O) groups excluding carboxylic acids is 1. The second kappa shape index (κ2) is 12.7. The number of nitrogens with zero attached hydrogens (tertiary/aromatic N) is 4. The average molecular weight is 531 g/mol. The standard InChI is InChI=1S/C28H27ClN6O3/c1-19-6-9-22(17-31-19)38-26-11-8-21(16-24(26)29)34-27-23-15-20(7-10-25(23)32-18-33-27)5-4-12-30-28(36)35(2)13-14-37-3/h6-11,15-18H,12-14H2,1-3H3,(H,30,36)(H,32,33,34). The van der Waals surface area contributed by atoms with Crippen LogP contribution in [0.5, 0.6) is 11.5 Å². The van der Waals surface area contributed by atoms with E-state index in [0.717, 1.165) is 27.8 Å². The minimum atomic E-state index is -0.208. The number of ether oxygens (including phenoxy) is 2. The summed E-state index contributed by atoms with van der Waals surface area (Å²) in [6.07, 6.45) is 3.15. The monoisotopic (exact) mass is 530 g/mol. The zero-order valence-corrected chi connectivity index (χ0v) is 22.0. The normalized spacial score (nSPS) is 10.4. The molecule has 0 atom stereocenters.